The van der Waals surface area contributed by atoms with E-state index in [9.17, 15) is 24.3 Å². The normalized spacial score (nSPS) is 19.4. The summed E-state index contributed by atoms with van der Waals surface area (Å²) in [4.78, 5) is 50.4. The molecule has 2 rings (SSSR count). The zero-order valence-electron chi connectivity index (χ0n) is 20.0. The Morgan fingerprint density at radius 1 is 1.26 bits per heavy atom. The lowest BCUT2D eigenvalue weighted by molar-refractivity contribution is -0.144. The van der Waals surface area contributed by atoms with Gasteiger partial charge in [-0.3, -0.25) is 4.79 Å². The summed E-state index contributed by atoms with van der Waals surface area (Å²) in [6, 6.07) is -1.02. The number of hydrogen-bond acceptors (Lipinski definition) is 10. The van der Waals surface area contributed by atoms with Gasteiger partial charge in [0.1, 0.15) is 35.8 Å². The molecule has 1 heterocycles. The highest BCUT2D eigenvalue weighted by Gasteiger charge is 2.32. The maximum Gasteiger partial charge on any atom is 0.408 e. The van der Waals surface area contributed by atoms with E-state index < -0.39 is 48.2 Å². The lowest BCUT2D eigenvalue weighted by atomic mass is 10.0. The Labute approximate surface area is 201 Å². The van der Waals surface area contributed by atoms with Gasteiger partial charge in [-0.15, -0.1) is 0 Å². The van der Waals surface area contributed by atoms with Crippen LogP contribution in [-0.2, 0) is 29.6 Å². The summed E-state index contributed by atoms with van der Waals surface area (Å²) in [5.41, 5.74) is -0.0298. The van der Waals surface area contributed by atoms with Crippen molar-refractivity contribution in [1.29, 1.82) is 0 Å². The Bertz CT molecular complexity index is 959. The van der Waals surface area contributed by atoms with Crippen LogP contribution in [0.25, 0.3) is 0 Å². The molecule has 1 aliphatic heterocycles. The van der Waals surface area contributed by atoms with Crippen LogP contribution in [0.5, 0.6) is 11.5 Å². The number of phenolic OH excluding ortho intramolecular Hbond substituents is 1. The van der Waals surface area contributed by atoms with Gasteiger partial charge in [0.25, 0.3) is 0 Å². The van der Waals surface area contributed by atoms with Gasteiger partial charge in [0.05, 0.1) is 19.8 Å². The zero-order chi connectivity index (χ0) is 25.6. The van der Waals surface area contributed by atoms with Crippen molar-refractivity contribution in [3.8, 4) is 11.5 Å². The van der Waals surface area contributed by atoms with E-state index in [0.29, 0.717) is 11.1 Å². The van der Waals surface area contributed by atoms with Crippen molar-refractivity contribution in [2.24, 2.45) is 0 Å². The minimum absolute atomic E-state index is 0.0796. The molecule has 188 valence electrons. The highest BCUT2D eigenvalue weighted by molar-refractivity contribution is 7.98. The summed E-state index contributed by atoms with van der Waals surface area (Å²) in [6.45, 7) is 6.03. The Hall–Kier alpha value is -3.15. The van der Waals surface area contributed by atoms with Crippen LogP contribution in [-0.4, -0.2) is 73.3 Å². The molecule has 1 unspecified atom stereocenters. The van der Waals surface area contributed by atoms with Crippen LogP contribution in [0.2, 0.25) is 0 Å². The fourth-order valence-corrected chi connectivity index (χ4v) is 4.23. The zero-order valence-corrected chi connectivity index (χ0v) is 20.8. The monoisotopic (exact) mass is 498 g/mol. The average Bonchev–Trinajstić information content (AvgIpc) is 2.74. The smallest absolute Gasteiger partial charge is 0.408 e. The first-order valence-electron chi connectivity index (χ1n) is 10.4. The van der Waals surface area contributed by atoms with E-state index in [1.165, 1.54) is 32.0 Å². The molecule has 34 heavy (non-hydrogen) atoms. The lowest BCUT2D eigenvalue weighted by Gasteiger charge is -2.25. The number of carbonyl (C=O) groups is 4. The second kappa shape index (κ2) is 11.3. The van der Waals surface area contributed by atoms with Crippen LogP contribution in [0, 0.1) is 6.92 Å². The van der Waals surface area contributed by atoms with E-state index in [0.717, 1.165) is 0 Å². The van der Waals surface area contributed by atoms with Gasteiger partial charge in [0.2, 0.25) is 5.91 Å². The fourth-order valence-electron chi connectivity index (χ4n) is 3.16. The number of fused-ring (bicyclic) bond motifs is 1. The molecule has 0 radical (unpaired) electrons. The highest BCUT2D eigenvalue weighted by atomic mass is 32.2. The Balaban J connectivity index is 2.45. The van der Waals surface area contributed by atoms with Crippen LogP contribution in [0.3, 0.4) is 0 Å². The third kappa shape index (κ3) is 6.92. The molecule has 0 spiro atoms. The summed E-state index contributed by atoms with van der Waals surface area (Å²) < 4.78 is 20.6. The minimum atomic E-state index is -1.36. The third-order valence-electron chi connectivity index (χ3n) is 4.77. The molecule has 0 saturated heterocycles. The number of hydrogen-bond donors (Lipinski definition) is 3. The van der Waals surface area contributed by atoms with Crippen molar-refractivity contribution in [2.75, 3.05) is 26.6 Å². The number of aromatic hydroxyl groups is 1. The van der Waals surface area contributed by atoms with Gasteiger partial charge in [0, 0.05) is 28.7 Å². The first kappa shape index (κ1) is 27.1. The molecule has 0 bridgehead atoms. The van der Waals surface area contributed by atoms with E-state index >= 15 is 0 Å². The molecule has 0 saturated carbocycles. The molecule has 0 aromatic heterocycles. The number of carbonyl (C=O) groups excluding carboxylic acids is 4. The fraction of sp³-hybridized carbons (Fsp3) is 0.545. The molecule has 11 nitrogen and oxygen atoms in total. The van der Waals surface area contributed by atoms with Crippen molar-refractivity contribution in [1.82, 2.24) is 10.6 Å². The second-order valence-electron chi connectivity index (χ2n) is 8.47. The number of benzene rings is 1. The van der Waals surface area contributed by atoms with Gasteiger partial charge in [-0.2, -0.15) is 11.8 Å². The largest absolute Gasteiger partial charge is 0.507 e. The van der Waals surface area contributed by atoms with Crippen LogP contribution in [0.4, 0.5) is 4.79 Å². The summed E-state index contributed by atoms with van der Waals surface area (Å²) in [5.74, 6) is -1.95. The standard InChI is InChI=1S/C22H30N2O9S/c1-11-16(30-5)7-15(25)12-9-34-10-14(19(27)31-6)23-18(26)13(8-32-20(28)17(11)12)24-21(29)33-22(2,3)4/h7,13-14,25H,8-10H2,1-6H3,(H,23,26)(H,24,29)/t13?,14-/m0/s1. The van der Waals surface area contributed by atoms with Crippen LogP contribution < -0.4 is 15.4 Å². The summed E-state index contributed by atoms with van der Waals surface area (Å²) in [5, 5.41) is 15.4. The number of phenols is 1. The van der Waals surface area contributed by atoms with Crippen LogP contribution in [0.1, 0.15) is 42.3 Å². The van der Waals surface area contributed by atoms with Gasteiger partial charge in [-0.25, -0.2) is 14.4 Å². The van der Waals surface area contributed by atoms with Gasteiger partial charge in [-0.05, 0) is 27.7 Å². The number of thioether (sulfide) groups is 1. The number of ether oxygens (including phenoxy) is 4. The molecular formula is C22H30N2O9S. The minimum Gasteiger partial charge on any atom is -0.507 e. The number of rotatable bonds is 3. The van der Waals surface area contributed by atoms with Crippen molar-refractivity contribution in [2.45, 2.75) is 51.1 Å². The Morgan fingerprint density at radius 2 is 1.94 bits per heavy atom. The first-order valence-corrected chi connectivity index (χ1v) is 11.6. The molecule has 3 N–H and O–H groups in total. The van der Waals surface area contributed by atoms with Crippen molar-refractivity contribution < 1.29 is 43.2 Å². The van der Waals surface area contributed by atoms with E-state index in [1.54, 1.807) is 27.7 Å². The third-order valence-corrected chi connectivity index (χ3v) is 5.83. The maximum atomic E-state index is 13.0. The molecule has 12 heteroatoms. The molecule has 2 amide bonds. The highest BCUT2D eigenvalue weighted by Crippen LogP contribution is 2.35. The number of amides is 2. The van der Waals surface area contributed by atoms with E-state index in [4.69, 9.17) is 18.9 Å². The summed E-state index contributed by atoms with van der Waals surface area (Å²) in [6.07, 6.45) is -0.907. The quantitative estimate of drug-likeness (QED) is 0.415. The van der Waals surface area contributed by atoms with Gasteiger partial charge >= 0.3 is 18.0 Å². The van der Waals surface area contributed by atoms with Crippen molar-refractivity contribution in [3.63, 3.8) is 0 Å². The SMILES string of the molecule is COC(=O)[C@@H]1CSCc2c(O)cc(OC)c(C)c2C(=O)OCC(NC(=O)OC(C)(C)C)C(=O)N1. The van der Waals surface area contributed by atoms with E-state index in [1.807, 2.05) is 0 Å². The number of cyclic esters (lactones) is 1. The molecule has 1 aromatic carbocycles. The van der Waals surface area contributed by atoms with Gasteiger partial charge in [-0.1, -0.05) is 0 Å². The van der Waals surface area contributed by atoms with Crippen LogP contribution in [0.15, 0.2) is 6.07 Å². The molecule has 1 aliphatic rings. The van der Waals surface area contributed by atoms with Crippen molar-refractivity contribution in [3.05, 3.63) is 22.8 Å². The van der Waals surface area contributed by atoms with E-state index in [2.05, 4.69) is 10.6 Å². The molecule has 0 aliphatic carbocycles. The van der Waals surface area contributed by atoms with Crippen molar-refractivity contribution >= 4 is 35.7 Å². The van der Waals surface area contributed by atoms with Crippen LogP contribution >= 0.6 is 11.8 Å². The average molecular weight is 499 g/mol. The molecule has 0 fully saturated rings. The Morgan fingerprint density at radius 3 is 2.53 bits per heavy atom. The second-order valence-corrected chi connectivity index (χ2v) is 9.50. The predicted octanol–water partition coefficient (Wildman–Crippen LogP) is 1.66. The molecular weight excluding hydrogens is 468 g/mol. The topological polar surface area (TPSA) is 149 Å². The molecule has 1 aromatic rings. The van der Waals surface area contributed by atoms with Gasteiger partial charge in [0.15, 0.2) is 0 Å². The number of alkyl carbamates (subject to hydrolysis) is 1. The first-order chi connectivity index (χ1) is 15.9. The number of esters is 2. The number of nitrogens with one attached hydrogen (secondary N) is 2. The predicted molar refractivity (Wildman–Crippen MR) is 123 cm³/mol. The summed E-state index contributed by atoms with van der Waals surface area (Å²) in [7, 11) is 2.58. The Kier molecular flexibility index (Phi) is 9.02. The summed E-state index contributed by atoms with van der Waals surface area (Å²) >= 11 is 1.19. The number of methoxy groups -OCH3 is 2. The molecule has 2 atom stereocenters. The van der Waals surface area contributed by atoms with Gasteiger partial charge < -0.3 is 34.7 Å². The maximum absolute atomic E-state index is 13.0. The lowest BCUT2D eigenvalue weighted by Crippen LogP contribution is -2.55. The van der Waals surface area contributed by atoms with E-state index in [-0.39, 0.29) is 28.6 Å².